The number of nitro benzene ring substituents is 1. The number of hydrogen-bond donors (Lipinski definition) is 0. The Morgan fingerprint density at radius 1 is 1.05 bits per heavy atom. The minimum atomic E-state index is -1.99. The van der Waals surface area contributed by atoms with Gasteiger partial charge in [0.05, 0.1) is 11.0 Å². The molecule has 1 unspecified atom stereocenters. The average Bonchev–Trinajstić information content (AvgIpc) is 2.48. The third-order valence-corrected chi connectivity index (χ3v) is 6.18. The zero-order chi connectivity index (χ0) is 15.5. The molecule has 4 nitrogen and oxygen atoms in total. The highest BCUT2D eigenvalue weighted by Crippen LogP contribution is 2.23. The number of non-ortho nitro benzene ring substituents is 1. The summed E-state index contributed by atoms with van der Waals surface area (Å²) in [6.45, 7) is 6.30. The normalized spacial score (nSPS) is 12.9. The van der Waals surface area contributed by atoms with Crippen LogP contribution in [0.15, 0.2) is 54.6 Å². The standard InChI is InChI=1S/C16H19NO3Si/c1-13(14-9-11-15(12-10-14)17(18)19)20-21(2,3)16-7-5-4-6-8-16/h4-13H,1-3H3. The van der Waals surface area contributed by atoms with Crippen molar-refractivity contribution in [2.45, 2.75) is 26.1 Å². The van der Waals surface area contributed by atoms with Gasteiger partial charge in [0.25, 0.3) is 5.69 Å². The fourth-order valence-corrected chi connectivity index (χ4v) is 4.44. The lowest BCUT2D eigenvalue weighted by atomic mass is 10.1. The summed E-state index contributed by atoms with van der Waals surface area (Å²) >= 11 is 0. The lowest BCUT2D eigenvalue weighted by Crippen LogP contribution is -2.45. The van der Waals surface area contributed by atoms with Crippen LogP contribution in [0.4, 0.5) is 5.69 Å². The van der Waals surface area contributed by atoms with Crippen LogP contribution in [0.1, 0.15) is 18.6 Å². The van der Waals surface area contributed by atoms with Gasteiger partial charge in [-0.25, -0.2) is 0 Å². The van der Waals surface area contributed by atoms with E-state index in [0.29, 0.717) is 0 Å². The molecule has 0 spiro atoms. The minimum Gasteiger partial charge on any atom is -0.406 e. The van der Waals surface area contributed by atoms with Crippen LogP contribution in [0.5, 0.6) is 0 Å². The smallest absolute Gasteiger partial charge is 0.269 e. The molecule has 2 aromatic rings. The quantitative estimate of drug-likeness (QED) is 0.480. The van der Waals surface area contributed by atoms with Gasteiger partial charge in [-0.15, -0.1) is 0 Å². The molecule has 110 valence electrons. The largest absolute Gasteiger partial charge is 0.406 e. The monoisotopic (exact) mass is 301 g/mol. The first-order valence-corrected chi connectivity index (χ1v) is 9.78. The number of rotatable bonds is 5. The third kappa shape index (κ3) is 3.77. The van der Waals surface area contributed by atoms with Crippen LogP contribution in [0.2, 0.25) is 13.1 Å². The van der Waals surface area contributed by atoms with Crippen molar-refractivity contribution >= 4 is 19.2 Å². The van der Waals surface area contributed by atoms with E-state index in [4.69, 9.17) is 4.43 Å². The van der Waals surface area contributed by atoms with E-state index in [-0.39, 0.29) is 11.8 Å². The summed E-state index contributed by atoms with van der Waals surface area (Å²) in [5, 5.41) is 11.9. The first-order chi connectivity index (χ1) is 9.90. The summed E-state index contributed by atoms with van der Waals surface area (Å²) < 4.78 is 6.28. The first kappa shape index (κ1) is 15.4. The van der Waals surface area contributed by atoms with Gasteiger partial charge in [-0.05, 0) is 42.9 Å². The van der Waals surface area contributed by atoms with Crippen LogP contribution in [-0.4, -0.2) is 13.2 Å². The molecule has 21 heavy (non-hydrogen) atoms. The van der Waals surface area contributed by atoms with Crippen LogP contribution < -0.4 is 5.19 Å². The van der Waals surface area contributed by atoms with E-state index in [1.165, 1.54) is 17.3 Å². The van der Waals surface area contributed by atoms with Crippen LogP contribution >= 0.6 is 0 Å². The second-order valence-electron chi connectivity index (χ2n) is 5.49. The van der Waals surface area contributed by atoms with Crippen molar-refractivity contribution in [2.75, 3.05) is 0 Å². The van der Waals surface area contributed by atoms with Gasteiger partial charge in [0.2, 0.25) is 8.32 Å². The topological polar surface area (TPSA) is 52.4 Å². The molecule has 0 aliphatic carbocycles. The molecule has 5 heteroatoms. The lowest BCUT2D eigenvalue weighted by Gasteiger charge is -2.28. The van der Waals surface area contributed by atoms with Crippen molar-refractivity contribution in [1.82, 2.24) is 0 Å². The highest BCUT2D eigenvalue weighted by molar-refractivity contribution is 6.84. The fourth-order valence-electron chi connectivity index (χ4n) is 2.28. The second kappa shape index (κ2) is 6.20. The van der Waals surface area contributed by atoms with Crippen molar-refractivity contribution < 1.29 is 9.35 Å². The summed E-state index contributed by atoms with van der Waals surface area (Å²) in [5.74, 6) is 0. The molecule has 0 bridgehead atoms. The van der Waals surface area contributed by atoms with E-state index in [0.717, 1.165) is 5.56 Å². The van der Waals surface area contributed by atoms with E-state index in [1.54, 1.807) is 12.1 Å². The Kier molecular flexibility index (Phi) is 4.55. The van der Waals surface area contributed by atoms with Crippen molar-refractivity contribution in [3.05, 3.63) is 70.3 Å². The summed E-state index contributed by atoms with van der Waals surface area (Å²) in [6.07, 6.45) is -0.0901. The molecular formula is C16H19NO3Si. The molecule has 0 heterocycles. The first-order valence-electron chi connectivity index (χ1n) is 6.88. The summed E-state index contributed by atoms with van der Waals surface area (Å²) in [5.41, 5.74) is 1.06. The summed E-state index contributed by atoms with van der Waals surface area (Å²) in [4.78, 5) is 10.3. The SMILES string of the molecule is CC(O[Si](C)(C)c1ccccc1)c1ccc([N+](=O)[O-])cc1. The molecule has 2 aromatic carbocycles. The van der Waals surface area contributed by atoms with E-state index in [9.17, 15) is 10.1 Å². The van der Waals surface area contributed by atoms with Gasteiger partial charge < -0.3 is 4.43 Å². The summed E-state index contributed by atoms with van der Waals surface area (Å²) in [7, 11) is -1.99. The van der Waals surface area contributed by atoms with Crippen LogP contribution in [0.25, 0.3) is 0 Å². The molecule has 0 aliphatic heterocycles. The molecule has 0 saturated carbocycles. The van der Waals surface area contributed by atoms with Gasteiger partial charge in [-0.1, -0.05) is 30.3 Å². The highest BCUT2D eigenvalue weighted by Gasteiger charge is 2.28. The maximum Gasteiger partial charge on any atom is 0.269 e. The predicted octanol–water partition coefficient (Wildman–Crippen LogP) is 3.78. The molecule has 0 aliphatic rings. The maximum atomic E-state index is 10.7. The zero-order valence-electron chi connectivity index (χ0n) is 12.4. The molecule has 0 amide bonds. The Hall–Kier alpha value is -1.98. The van der Waals surface area contributed by atoms with Crippen LogP contribution in [0, 0.1) is 10.1 Å². The highest BCUT2D eigenvalue weighted by atomic mass is 28.4. The lowest BCUT2D eigenvalue weighted by molar-refractivity contribution is -0.384. The Balaban J connectivity index is 2.13. The number of hydrogen-bond acceptors (Lipinski definition) is 3. The summed E-state index contributed by atoms with van der Waals surface area (Å²) in [6, 6.07) is 16.8. The van der Waals surface area contributed by atoms with Gasteiger partial charge in [-0.2, -0.15) is 0 Å². The fraction of sp³-hybridized carbons (Fsp3) is 0.250. The van der Waals surface area contributed by atoms with Gasteiger partial charge in [0.15, 0.2) is 0 Å². The molecule has 2 rings (SSSR count). The second-order valence-corrected chi connectivity index (χ2v) is 9.32. The Labute approximate surface area is 125 Å². The van der Waals surface area contributed by atoms with Crippen molar-refractivity contribution in [1.29, 1.82) is 0 Å². The molecular weight excluding hydrogens is 282 g/mol. The maximum absolute atomic E-state index is 10.7. The number of nitrogens with zero attached hydrogens (tertiary/aromatic N) is 1. The minimum absolute atomic E-state index is 0.0901. The Morgan fingerprint density at radius 2 is 1.62 bits per heavy atom. The van der Waals surface area contributed by atoms with E-state index in [2.05, 4.69) is 25.2 Å². The van der Waals surface area contributed by atoms with Gasteiger partial charge in [0, 0.05) is 12.1 Å². The van der Waals surface area contributed by atoms with E-state index >= 15 is 0 Å². The van der Waals surface area contributed by atoms with Crippen molar-refractivity contribution in [3.8, 4) is 0 Å². The van der Waals surface area contributed by atoms with Gasteiger partial charge in [-0.3, -0.25) is 10.1 Å². The van der Waals surface area contributed by atoms with E-state index < -0.39 is 13.2 Å². The van der Waals surface area contributed by atoms with E-state index in [1.807, 2.05) is 25.1 Å². The molecule has 0 saturated heterocycles. The van der Waals surface area contributed by atoms with Crippen LogP contribution in [0.3, 0.4) is 0 Å². The van der Waals surface area contributed by atoms with Crippen molar-refractivity contribution in [3.63, 3.8) is 0 Å². The predicted molar refractivity (Wildman–Crippen MR) is 86.2 cm³/mol. The number of nitro groups is 1. The molecule has 0 fully saturated rings. The molecule has 1 atom stereocenters. The third-order valence-electron chi connectivity index (χ3n) is 3.51. The molecule has 0 aromatic heterocycles. The van der Waals surface area contributed by atoms with Gasteiger partial charge >= 0.3 is 0 Å². The Morgan fingerprint density at radius 3 is 2.14 bits per heavy atom. The Bertz CT molecular complexity index is 611. The van der Waals surface area contributed by atoms with Crippen LogP contribution in [-0.2, 0) is 4.43 Å². The molecule has 0 radical (unpaired) electrons. The number of benzene rings is 2. The molecule has 0 N–H and O–H groups in total. The van der Waals surface area contributed by atoms with Crippen molar-refractivity contribution in [2.24, 2.45) is 0 Å². The van der Waals surface area contributed by atoms with Gasteiger partial charge in [0.1, 0.15) is 0 Å². The zero-order valence-corrected chi connectivity index (χ0v) is 13.4. The average molecular weight is 301 g/mol.